The first kappa shape index (κ1) is 18.4. The topological polar surface area (TPSA) is 109 Å². The van der Waals surface area contributed by atoms with Crippen LogP contribution in [-0.4, -0.2) is 69.2 Å². The standard InChI is InChI=1S/C17H18BrN7O3/c1-23-15-11(8-22-23)16(21-10-20-15)25-6-4-24(5-7-25)14(26)9-19-17(27)12-2-3-13(18)28-12/h2-3,8,10H,4-7,9H2,1H3,(H,19,27). The van der Waals surface area contributed by atoms with Gasteiger partial charge >= 0.3 is 0 Å². The van der Waals surface area contributed by atoms with Crippen molar-refractivity contribution in [2.75, 3.05) is 37.6 Å². The summed E-state index contributed by atoms with van der Waals surface area (Å²) in [6.07, 6.45) is 3.28. The number of anilines is 1. The Morgan fingerprint density at radius 1 is 1.21 bits per heavy atom. The Hall–Kier alpha value is -2.95. The van der Waals surface area contributed by atoms with Gasteiger partial charge in [-0.15, -0.1) is 0 Å². The van der Waals surface area contributed by atoms with E-state index in [1.807, 2.05) is 7.05 Å². The van der Waals surface area contributed by atoms with Gasteiger partial charge in [0, 0.05) is 33.2 Å². The molecule has 4 heterocycles. The van der Waals surface area contributed by atoms with Gasteiger partial charge in [-0.1, -0.05) is 0 Å². The molecule has 3 aromatic rings. The number of hydrogen-bond acceptors (Lipinski definition) is 7. The van der Waals surface area contributed by atoms with Crippen molar-refractivity contribution in [3.8, 4) is 0 Å². The minimum atomic E-state index is -0.419. The van der Waals surface area contributed by atoms with Crippen LogP contribution in [-0.2, 0) is 11.8 Å². The highest BCUT2D eigenvalue weighted by Gasteiger charge is 2.24. The van der Waals surface area contributed by atoms with Gasteiger partial charge < -0.3 is 19.5 Å². The molecule has 11 heteroatoms. The highest BCUT2D eigenvalue weighted by Crippen LogP contribution is 2.23. The van der Waals surface area contributed by atoms with Crippen molar-refractivity contribution in [2.24, 2.45) is 7.05 Å². The van der Waals surface area contributed by atoms with Crippen LogP contribution in [0.2, 0.25) is 0 Å². The van der Waals surface area contributed by atoms with Gasteiger partial charge in [0.2, 0.25) is 5.91 Å². The summed E-state index contributed by atoms with van der Waals surface area (Å²) in [5.74, 6) is 0.432. The molecule has 28 heavy (non-hydrogen) atoms. The first-order chi connectivity index (χ1) is 13.5. The Bertz CT molecular complexity index is 1020. The second-order valence-corrected chi connectivity index (χ2v) is 7.14. The lowest BCUT2D eigenvalue weighted by Crippen LogP contribution is -2.51. The van der Waals surface area contributed by atoms with Crippen molar-refractivity contribution < 1.29 is 14.0 Å². The third-order valence-corrected chi connectivity index (χ3v) is 5.06. The molecule has 3 aromatic heterocycles. The monoisotopic (exact) mass is 447 g/mol. The van der Waals surface area contributed by atoms with Crippen LogP contribution in [0.5, 0.6) is 0 Å². The Labute approximate surface area is 168 Å². The second kappa shape index (κ2) is 7.58. The molecule has 0 radical (unpaired) electrons. The largest absolute Gasteiger partial charge is 0.444 e. The van der Waals surface area contributed by atoms with Crippen molar-refractivity contribution in [1.29, 1.82) is 0 Å². The van der Waals surface area contributed by atoms with Crippen molar-refractivity contribution in [2.45, 2.75) is 0 Å². The molecule has 1 aliphatic heterocycles. The summed E-state index contributed by atoms with van der Waals surface area (Å²) in [4.78, 5) is 36.9. The molecule has 0 atom stereocenters. The minimum absolute atomic E-state index is 0.0719. The van der Waals surface area contributed by atoms with E-state index in [-0.39, 0.29) is 18.2 Å². The molecule has 4 rings (SSSR count). The van der Waals surface area contributed by atoms with Gasteiger partial charge in [-0.3, -0.25) is 14.3 Å². The molecule has 0 saturated carbocycles. The summed E-state index contributed by atoms with van der Waals surface area (Å²) < 4.78 is 7.35. The van der Waals surface area contributed by atoms with Gasteiger partial charge in [0.05, 0.1) is 18.1 Å². The van der Waals surface area contributed by atoms with Crippen LogP contribution in [0, 0.1) is 0 Å². The Morgan fingerprint density at radius 3 is 2.71 bits per heavy atom. The van der Waals surface area contributed by atoms with Gasteiger partial charge in [0.25, 0.3) is 5.91 Å². The zero-order valence-electron chi connectivity index (χ0n) is 15.1. The lowest BCUT2D eigenvalue weighted by molar-refractivity contribution is -0.130. The number of aromatic nitrogens is 4. The number of carbonyl (C=O) groups is 2. The number of fused-ring (bicyclic) bond motifs is 1. The van der Waals surface area contributed by atoms with Crippen LogP contribution in [0.3, 0.4) is 0 Å². The number of nitrogens with zero attached hydrogens (tertiary/aromatic N) is 6. The number of piperazine rings is 1. The highest BCUT2D eigenvalue weighted by atomic mass is 79.9. The van der Waals surface area contributed by atoms with Crippen LogP contribution < -0.4 is 10.2 Å². The summed E-state index contributed by atoms with van der Waals surface area (Å²) in [7, 11) is 1.84. The number of nitrogens with one attached hydrogen (secondary N) is 1. The summed E-state index contributed by atoms with van der Waals surface area (Å²) >= 11 is 3.14. The molecule has 10 nitrogen and oxygen atoms in total. The predicted octanol–water partition coefficient (Wildman–Crippen LogP) is 0.797. The zero-order valence-corrected chi connectivity index (χ0v) is 16.7. The van der Waals surface area contributed by atoms with E-state index in [0.29, 0.717) is 30.8 Å². The Balaban J connectivity index is 1.33. The molecule has 1 saturated heterocycles. The van der Waals surface area contributed by atoms with Gasteiger partial charge in [-0.05, 0) is 28.1 Å². The molecule has 0 spiro atoms. The maximum atomic E-state index is 12.4. The molecular weight excluding hydrogens is 430 g/mol. The maximum Gasteiger partial charge on any atom is 0.287 e. The fourth-order valence-corrected chi connectivity index (χ4v) is 3.47. The predicted molar refractivity (Wildman–Crippen MR) is 104 cm³/mol. The lowest BCUT2D eigenvalue weighted by atomic mass is 10.2. The fraction of sp³-hybridized carbons (Fsp3) is 0.353. The van der Waals surface area contributed by atoms with E-state index in [1.54, 1.807) is 27.9 Å². The third-order valence-electron chi connectivity index (χ3n) is 4.64. The van der Waals surface area contributed by atoms with Gasteiger partial charge in [-0.25, -0.2) is 9.97 Å². The van der Waals surface area contributed by atoms with E-state index in [2.05, 4.69) is 41.2 Å². The van der Waals surface area contributed by atoms with E-state index >= 15 is 0 Å². The van der Waals surface area contributed by atoms with Crippen LogP contribution in [0.4, 0.5) is 5.82 Å². The molecule has 1 aliphatic rings. The molecular formula is C17H18BrN7O3. The molecule has 0 unspecified atom stereocenters. The van der Waals surface area contributed by atoms with E-state index in [0.717, 1.165) is 16.9 Å². The SMILES string of the molecule is Cn1ncc2c(N3CCN(C(=O)CNC(=O)c4ccc(Br)o4)CC3)ncnc21. The first-order valence-corrected chi connectivity index (χ1v) is 9.51. The number of rotatable bonds is 4. The third kappa shape index (κ3) is 3.57. The quantitative estimate of drug-likeness (QED) is 0.629. The Kier molecular flexibility index (Phi) is 4.99. The summed E-state index contributed by atoms with van der Waals surface area (Å²) in [5, 5.41) is 7.71. The molecule has 2 amide bonds. The van der Waals surface area contributed by atoms with Gasteiger partial charge in [-0.2, -0.15) is 5.10 Å². The number of amides is 2. The normalized spacial score (nSPS) is 14.5. The average Bonchev–Trinajstić information content (AvgIpc) is 3.32. The van der Waals surface area contributed by atoms with E-state index in [1.165, 1.54) is 6.33 Å². The van der Waals surface area contributed by atoms with Gasteiger partial charge in [0.1, 0.15) is 12.1 Å². The van der Waals surface area contributed by atoms with E-state index < -0.39 is 5.91 Å². The van der Waals surface area contributed by atoms with Gasteiger partial charge in [0.15, 0.2) is 16.1 Å². The molecule has 0 aliphatic carbocycles. The van der Waals surface area contributed by atoms with Crippen LogP contribution in [0.25, 0.3) is 11.0 Å². The number of aryl methyl sites for hydroxylation is 1. The van der Waals surface area contributed by atoms with Crippen LogP contribution >= 0.6 is 15.9 Å². The zero-order chi connectivity index (χ0) is 19.7. The molecule has 0 bridgehead atoms. The fourth-order valence-electron chi connectivity index (χ4n) is 3.16. The van der Waals surface area contributed by atoms with Crippen LogP contribution in [0.15, 0.2) is 33.7 Å². The van der Waals surface area contributed by atoms with Crippen molar-refractivity contribution in [3.63, 3.8) is 0 Å². The summed E-state index contributed by atoms with van der Waals surface area (Å²) in [6, 6.07) is 3.17. The number of hydrogen-bond donors (Lipinski definition) is 1. The number of halogens is 1. The highest BCUT2D eigenvalue weighted by molar-refractivity contribution is 9.10. The maximum absolute atomic E-state index is 12.4. The van der Waals surface area contributed by atoms with Crippen molar-refractivity contribution >= 4 is 44.6 Å². The number of furan rings is 1. The lowest BCUT2D eigenvalue weighted by Gasteiger charge is -2.35. The van der Waals surface area contributed by atoms with E-state index in [4.69, 9.17) is 4.42 Å². The minimum Gasteiger partial charge on any atom is -0.444 e. The number of carbonyl (C=O) groups excluding carboxylic acids is 2. The molecule has 1 fully saturated rings. The van der Waals surface area contributed by atoms with Crippen LogP contribution in [0.1, 0.15) is 10.6 Å². The average molecular weight is 448 g/mol. The second-order valence-electron chi connectivity index (χ2n) is 6.36. The smallest absolute Gasteiger partial charge is 0.287 e. The molecule has 0 aromatic carbocycles. The summed E-state index contributed by atoms with van der Waals surface area (Å²) in [5.41, 5.74) is 0.774. The van der Waals surface area contributed by atoms with E-state index in [9.17, 15) is 9.59 Å². The Morgan fingerprint density at radius 2 is 2.00 bits per heavy atom. The summed E-state index contributed by atoms with van der Waals surface area (Å²) in [6.45, 7) is 2.31. The first-order valence-electron chi connectivity index (χ1n) is 8.72. The molecule has 1 N–H and O–H groups in total. The molecule has 146 valence electrons. The van der Waals surface area contributed by atoms with Crippen molar-refractivity contribution in [3.05, 3.63) is 35.1 Å². The van der Waals surface area contributed by atoms with Crippen molar-refractivity contribution in [1.82, 2.24) is 30.0 Å².